The van der Waals surface area contributed by atoms with E-state index in [1.165, 1.54) is 31.3 Å². The van der Waals surface area contributed by atoms with Gasteiger partial charge in [0.1, 0.15) is 0 Å². The van der Waals surface area contributed by atoms with E-state index in [1.807, 2.05) is 36.5 Å². The Morgan fingerprint density at radius 2 is 1.86 bits per heavy atom. The van der Waals surface area contributed by atoms with E-state index >= 15 is 0 Å². The number of amides is 1. The molecular weight excluding hydrogens is 400 g/mol. The normalized spacial score (nSPS) is 11.5. The fourth-order valence-corrected chi connectivity index (χ4v) is 3.87. The Labute approximate surface area is 168 Å². The average molecular weight is 419 g/mol. The molecule has 0 spiro atoms. The van der Waals surface area contributed by atoms with Crippen molar-refractivity contribution in [1.82, 2.24) is 19.4 Å². The van der Waals surface area contributed by atoms with Crippen LogP contribution in [0.4, 0.5) is 0 Å². The lowest BCUT2D eigenvalue weighted by atomic mass is 10.2. The van der Waals surface area contributed by atoms with E-state index < -0.39 is 15.9 Å². The van der Waals surface area contributed by atoms with Crippen molar-refractivity contribution in [3.05, 3.63) is 77.6 Å². The Bertz CT molecular complexity index is 1050. The number of para-hydroxylation sites is 1. The number of hydrogen-bond acceptors (Lipinski definition) is 4. The van der Waals surface area contributed by atoms with E-state index in [-0.39, 0.29) is 18.0 Å². The van der Waals surface area contributed by atoms with Gasteiger partial charge in [-0.05, 0) is 42.0 Å². The quantitative estimate of drug-likeness (QED) is 0.638. The van der Waals surface area contributed by atoms with Crippen molar-refractivity contribution in [2.75, 3.05) is 13.6 Å². The predicted molar refractivity (Wildman–Crippen MR) is 107 cm³/mol. The molecule has 1 aromatic heterocycles. The van der Waals surface area contributed by atoms with Crippen molar-refractivity contribution in [3.63, 3.8) is 0 Å². The van der Waals surface area contributed by atoms with Gasteiger partial charge in [0.25, 0.3) is 0 Å². The molecule has 0 unspecified atom stereocenters. The maximum atomic E-state index is 12.6. The molecule has 0 fully saturated rings. The van der Waals surface area contributed by atoms with Crippen LogP contribution in [0.5, 0.6) is 0 Å². The molecule has 0 bridgehead atoms. The van der Waals surface area contributed by atoms with Gasteiger partial charge in [0.2, 0.25) is 15.9 Å². The van der Waals surface area contributed by atoms with Gasteiger partial charge in [0.15, 0.2) is 0 Å². The van der Waals surface area contributed by atoms with Crippen LogP contribution < -0.4 is 5.32 Å². The fraction of sp³-hybridized carbons (Fsp3) is 0.158. The fourth-order valence-electron chi connectivity index (χ4n) is 2.62. The standard InChI is InChI=1S/C19H19ClN4O3S/c1-23(28(26,27)17-9-7-16(20)8-10-17)14-19(25)21-13-15-5-2-3-6-18(15)24-12-4-11-22-24/h2-12H,13-14H2,1H3,(H,21,25). The number of aromatic nitrogens is 2. The Morgan fingerprint density at radius 1 is 1.14 bits per heavy atom. The SMILES string of the molecule is CN(CC(=O)NCc1ccccc1-n1cccn1)S(=O)(=O)c1ccc(Cl)cc1. The number of sulfonamides is 1. The number of carbonyl (C=O) groups excluding carboxylic acids is 1. The summed E-state index contributed by atoms with van der Waals surface area (Å²) in [6, 6.07) is 15.1. The van der Waals surface area contributed by atoms with Crippen LogP contribution in [0, 0.1) is 0 Å². The Kier molecular flexibility index (Phi) is 6.13. The largest absolute Gasteiger partial charge is 0.351 e. The predicted octanol–water partition coefficient (Wildman–Crippen LogP) is 2.46. The summed E-state index contributed by atoms with van der Waals surface area (Å²) >= 11 is 5.80. The van der Waals surface area contributed by atoms with Crippen LogP contribution in [0.3, 0.4) is 0 Å². The first-order valence-electron chi connectivity index (χ1n) is 8.44. The van der Waals surface area contributed by atoms with Crippen LogP contribution in [0.25, 0.3) is 5.69 Å². The Hall–Kier alpha value is -2.68. The van der Waals surface area contributed by atoms with Crippen LogP contribution in [0.15, 0.2) is 71.9 Å². The van der Waals surface area contributed by atoms with E-state index in [4.69, 9.17) is 11.6 Å². The molecular formula is C19H19ClN4O3S. The number of likely N-dealkylation sites (N-methyl/N-ethyl adjacent to an activating group) is 1. The van der Waals surface area contributed by atoms with E-state index in [2.05, 4.69) is 10.4 Å². The average Bonchev–Trinajstić information content (AvgIpc) is 3.21. The first-order valence-corrected chi connectivity index (χ1v) is 10.3. The van der Waals surface area contributed by atoms with Crippen molar-refractivity contribution in [1.29, 1.82) is 0 Å². The van der Waals surface area contributed by atoms with E-state index in [9.17, 15) is 13.2 Å². The highest BCUT2D eigenvalue weighted by molar-refractivity contribution is 7.89. The van der Waals surface area contributed by atoms with Crippen LogP contribution in [-0.4, -0.2) is 42.0 Å². The van der Waals surface area contributed by atoms with Crippen LogP contribution in [-0.2, 0) is 21.4 Å². The molecule has 1 amide bonds. The minimum Gasteiger partial charge on any atom is -0.351 e. The molecule has 0 saturated heterocycles. The molecule has 0 atom stereocenters. The molecule has 0 aliphatic carbocycles. The summed E-state index contributed by atoms with van der Waals surface area (Å²) in [5.74, 6) is -0.407. The van der Waals surface area contributed by atoms with Gasteiger partial charge in [-0.2, -0.15) is 9.40 Å². The molecule has 7 nitrogen and oxygen atoms in total. The molecule has 9 heteroatoms. The van der Waals surface area contributed by atoms with E-state index in [1.54, 1.807) is 10.9 Å². The number of benzene rings is 2. The lowest BCUT2D eigenvalue weighted by Crippen LogP contribution is -2.38. The molecule has 2 aromatic carbocycles. The summed E-state index contributed by atoms with van der Waals surface area (Å²) in [5.41, 5.74) is 1.71. The summed E-state index contributed by atoms with van der Waals surface area (Å²) in [7, 11) is -2.42. The van der Waals surface area contributed by atoms with Crippen LogP contribution >= 0.6 is 11.6 Å². The maximum Gasteiger partial charge on any atom is 0.243 e. The highest BCUT2D eigenvalue weighted by Gasteiger charge is 2.22. The summed E-state index contributed by atoms with van der Waals surface area (Å²) in [6.07, 6.45) is 3.49. The number of carbonyl (C=O) groups is 1. The van der Waals surface area contributed by atoms with Gasteiger partial charge in [0.05, 0.1) is 17.1 Å². The zero-order valence-electron chi connectivity index (χ0n) is 15.1. The third kappa shape index (κ3) is 4.59. The van der Waals surface area contributed by atoms with Crippen molar-refractivity contribution in [2.24, 2.45) is 0 Å². The van der Waals surface area contributed by atoms with Gasteiger partial charge in [-0.25, -0.2) is 13.1 Å². The molecule has 0 aliphatic rings. The van der Waals surface area contributed by atoms with Crippen molar-refractivity contribution in [3.8, 4) is 5.69 Å². The molecule has 0 aliphatic heterocycles. The van der Waals surface area contributed by atoms with Gasteiger partial charge in [-0.15, -0.1) is 0 Å². The zero-order chi connectivity index (χ0) is 20.1. The second-order valence-corrected chi connectivity index (χ2v) is 8.55. The second kappa shape index (κ2) is 8.55. The number of rotatable bonds is 7. The molecule has 146 valence electrons. The van der Waals surface area contributed by atoms with Crippen LogP contribution in [0.2, 0.25) is 5.02 Å². The highest BCUT2D eigenvalue weighted by Crippen LogP contribution is 2.17. The monoisotopic (exact) mass is 418 g/mol. The van der Waals surface area contributed by atoms with Crippen LogP contribution in [0.1, 0.15) is 5.56 Å². The van der Waals surface area contributed by atoms with Gasteiger partial charge >= 0.3 is 0 Å². The first kappa shape index (κ1) is 20.1. The minimum absolute atomic E-state index is 0.0798. The van der Waals surface area contributed by atoms with E-state index in [0.29, 0.717) is 5.02 Å². The number of halogens is 1. The van der Waals surface area contributed by atoms with Gasteiger partial charge in [-0.3, -0.25) is 4.79 Å². The molecule has 28 heavy (non-hydrogen) atoms. The molecule has 0 radical (unpaired) electrons. The molecule has 3 rings (SSSR count). The lowest BCUT2D eigenvalue weighted by Gasteiger charge is -2.17. The molecule has 1 heterocycles. The number of hydrogen-bond donors (Lipinski definition) is 1. The Morgan fingerprint density at radius 3 is 2.54 bits per heavy atom. The molecule has 0 saturated carbocycles. The number of nitrogens with zero attached hydrogens (tertiary/aromatic N) is 3. The summed E-state index contributed by atoms with van der Waals surface area (Å²) in [4.78, 5) is 12.4. The Balaban J connectivity index is 1.64. The molecule has 1 N–H and O–H groups in total. The lowest BCUT2D eigenvalue weighted by molar-refractivity contribution is -0.121. The first-order chi connectivity index (χ1) is 13.4. The van der Waals surface area contributed by atoms with Gasteiger partial charge in [-0.1, -0.05) is 29.8 Å². The van der Waals surface area contributed by atoms with Gasteiger partial charge < -0.3 is 5.32 Å². The smallest absolute Gasteiger partial charge is 0.243 e. The van der Waals surface area contributed by atoms with Gasteiger partial charge in [0, 0.05) is 31.0 Å². The highest BCUT2D eigenvalue weighted by atomic mass is 35.5. The topological polar surface area (TPSA) is 84.3 Å². The maximum absolute atomic E-state index is 12.6. The van der Waals surface area contributed by atoms with Crippen molar-refractivity contribution < 1.29 is 13.2 Å². The number of nitrogens with one attached hydrogen (secondary N) is 1. The van der Waals surface area contributed by atoms with Crippen molar-refractivity contribution in [2.45, 2.75) is 11.4 Å². The van der Waals surface area contributed by atoms with E-state index in [0.717, 1.165) is 15.6 Å². The zero-order valence-corrected chi connectivity index (χ0v) is 16.7. The molecule has 3 aromatic rings. The van der Waals surface area contributed by atoms with Crippen molar-refractivity contribution >= 4 is 27.5 Å². The third-order valence-corrected chi connectivity index (χ3v) is 6.18. The third-order valence-electron chi connectivity index (χ3n) is 4.11. The summed E-state index contributed by atoms with van der Waals surface area (Å²) in [5, 5.41) is 7.40. The summed E-state index contributed by atoms with van der Waals surface area (Å²) in [6.45, 7) is -0.0431. The summed E-state index contributed by atoms with van der Waals surface area (Å²) < 4.78 is 27.8. The second-order valence-electron chi connectivity index (χ2n) is 6.07. The minimum atomic E-state index is -3.78.